The van der Waals surface area contributed by atoms with Gasteiger partial charge in [0.2, 0.25) is 5.91 Å². The molecule has 28 heavy (non-hydrogen) atoms. The van der Waals surface area contributed by atoms with Crippen molar-refractivity contribution in [3.63, 3.8) is 0 Å². The van der Waals surface area contributed by atoms with Gasteiger partial charge in [0.05, 0.1) is 11.7 Å². The van der Waals surface area contributed by atoms with Gasteiger partial charge in [-0.05, 0) is 41.3 Å². The van der Waals surface area contributed by atoms with E-state index in [1.54, 1.807) is 12.4 Å². The quantitative estimate of drug-likeness (QED) is 0.495. The number of hydrogen-bond acceptors (Lipinski definition) is 4. The number of pyridine rings is 1. The first-order valence-electron chi connectivity index (χ1n) is 9.15. The second-order valence-electron chi connectivity index (χ2n) is 6.70. The Bertz CT molecular complexity index is 1180. The summed E-state index contributed by atoms with van der Waals surface area (Å²) in [6, 6.07) is 13.9. The number of nitrogens with zero attached hydrogens (tertiary/aromatic N) is 2. The number of hydrogen-bond donors (Lipinski definition) is 3. The molecule has 0 radical (unpaired) electrons. The molecule has 0 atom stereocenters. The highest BCUT2D eigenvalue weighted by Crippen LogP contribution is 2.37. The summed E-state index contributed by atoms with van der Waals surface area (Å²) in [5, 5.41) is 11.0. The molecule has 6 nitrogen and oxygen atoms in total. The van der Waals surface area contributed by atoms with Gasteiger partial charge in [0, 0.05) is 35.3 Å². The number of nitrogens with one attached hydrogen (secondary N) is 2. The third-order valence-corrected chi connectivity index (χ3v) is 4.79. The topological polar surface area (TPSA) is 96.7 Å². The smallest absolute Gasteiger partial charge is 0.221 e. The van der Waals surface area contributed by atoms with Crippen LogP contribution in [0.3, 0.4) is 0 Å². The Kier molecular flexibility index (Phi) is 4.53. The Balaban J connectivity index is 1.88. The average Bonchev–Trinajstić information content (AvgIpc) is 3.15. The number of nitrogens with two attached hydrogens (primary N) is 1. The molecule has 0 unspecified atom stereocenters. The average molecular weight is 371 g/mol. The summed E-state index contributed by atoms with van der Waals surface area (Å²) in [7, 11) is 0. The molecule has 6 heteroatoms. The molecule has 0 saturated heterocycles. The molecule has 0 bridgehead atoms. The van der Waals surface area contributed by atoms with Crippen LogP contribution in [-0.4, -0.2) is 21.1 Å². The van der Waals surface area contributed by atoms with Crippen molar-refractivity contribution >= 4 is 28.3 Å². The van der Waals surface area contributed by atoms with Crippen LogP contribution in [0.5, 0.6) is 0 Å². The Labute approximate surface area is 162 Å². The van der Waals surface area contributed by atoms with E-state index in [-0.39, 0.29) is 5.91 Å². The van der Waals surface area contributed by atoms with Crippen LogP contribution in [0.15, 0.2) is 54.9 Å². The molecule has 2 heterocycles. The van der Waals surface area contributed by atoms with Crippen molar-refractivity contribution in [2.24, 2.45) is 0 Å². The van der Waals surface area contributed by atoms with Gasteiger partial charge < -0.3 is 11.1 Å². The Hall–Kier alpha value is -3.67. The number of amides is 1. The number of aromatic nitrogens is 3. The minimum absolute atomic E-state index is 0.100. The maximum atomic E-state index is 11.4. The van der Waals surface area contributed by atoms with Crippen LogP contribution in [0, 0.1) is 0 Å². The number of carbonyl (C=O) groups is 1. The molecule has 0 spiro atoms. The minimum atomic E-state index is -0.100. The number of H-pyrrole nitrogens is 1. The monoisotopic (exact) mass is 371 g/mol. The van der Waals surface area contributed by atoms with E-state index in [0.29, 0.717) is 5.82 Å². The largest absolute Gasteiger partial charge is 0.383 e. The molecule has 1 amide bonds. The summed E-state index contributed by atoms with van der Waals surface area (Å²) in [5.74, 6) is 0.398. The molecule has 4 aromatic rings. The van der Waals surface area contributed by atoms with Gasteiger partial charge in [-0.2, -0.15) is 5.10 Å². The van der Waals surface area contributed by atoms with E-state index in [2.05, 4.69) is 27.4 Å². The summed E-state index contributed by atoms with van der Waals surface area (Å²) in [4.78, 5) is 15.9. The molecule has 0 aliphatic carbocycles. The zero-order chi connectivity index (χ0) is 19.7. The van der Waals surface area contributed by atoms with Gasteiger partial charge in [0.15, 0.2) is 0 Å². The van der Waals surface area contributed by atoms with Crippen molar-refractivity contribution in [2.45, 2.75) is 20.3 Å². The van der Waals surface area contributed by atoms with Gasteiger partial charge >= 0.3 is 0 Å². The summed E-state index contributed by atoms with van der Waals surface area (Å²) in [6.45, 7) is 3.60. The zero-order valence-electron chi connectivity index (χ0n) is 15.8. The zero-order valence-corrected chi connectivity index (χ0v) is 15.8. The maximum absolute atomic E-state index is 11.4. The predicted octanol–water partition coefficient (Wildman–Crippen LogP) is 4.39. The first kappa shape index (κ1) is 17.7. The summed E-state index contributed by atoms with van der Waals surface area (Å²) in [5.41, 5.74) is 13.0. The lowest BCUT2D eigenvalue weighted by Gasteiger charge is -2.16. The lowest BCUT2D eigenvalue weighted by Crippen LogP contribution is -2.06. The Morgan fingerprint density at radius 1 is 1.14 bits per heavy atom. The van der Waals surface area contributed by atoms with E-state index in [0.717, 1.165) is 50.8 Å². The normalized spacial score (nSPS) is 10.9. The molecule has 2 aromatic heterocycles. The van der Waals surface area contributed by atoms with Gasteiger partial charge in [-0.15, -0.1) is 0 Å². The molecule has 0 aliphatic rings. The first-order valence-corrected chi connectivity index (χ1v) is 9.15. The van der Waals surface area contributed by atoms with E-state index in [9.17, 15) is 4.79 Å². The van der Waals surface area contributed by atoms with Gasteiger partial charge in [-0.25, -0.2) is 4.98 Å². The van der Waals surface area contributed by atoms with Crippen LogP contribution in [0.4, 0.5) is 11.5 Å². The van der Waals surface area contributed by atoms with Crippen LogP contribution in [-0.2, 0) is 11.2 Å². The van der Waals surface area contributed by atoms with E-state index in [1.807, 2.05) is 42.5 Å². The Morgan fingerprint density at radius 3 is 2.79 bits per heavy atom. The minimum Gasteiger partial charge on any atom is -0.383 e. The standard InChI is InChI=1S/C22H21N5O/c1-3-18-19(14-5-4-6-17(9-14)26-13(2)28)12-24-22(23)21(18)15-7-8-16-11-25-27-20(16)10-15/h4-12H,3H2,1-2H3,(H2,23,24)(H,25,27)(H,26,28). The second kappa shape index (κ2) is 7.15. The van der Waals surface area contributed by atoms with Gasteiger partial charge in [0.25, 0.3) is 0 Å². The molecular weight excluding hydrogens is 350 g/mol. The molecule has 0 aliphatic heterocycles. The van der Waals surface area contributed by atoms with Crippen LogP contribution < -0.4 is 11.1 Å². The number of aromatic amines is 1. The van der Waals surface area contributed by atoms with Crippen LogP contribution in [0.1, 0.15) is 19.4 Å². The fourth-order valence-electron chi connectivity index (χ4n) is 3.56. The fourth-order valence-corrected chi connectivity index (χ4v) is 3.56. The summed E-state index contributed by atoms with van der Waals surface area (Å²) >= 11 is 0. The van der Waals surface area contributed by atoms with Crippen molar-refractivity contribution in [3.8, 4) is 22.3 Å². The number of anilines is 2. The van der Waals surface area contributed by atoms with Crippen molar-refractivity contribution < 1.29 is 4.79 Å². The fraction of sp³-hybridized carbons (Fsp3) is 0.136. The first-order chi connectivity index (χ1) is 13.6. The summed E-state index contributed by atoms with van der Waals surface area (Å²) < 4.78 is 0. The number of nitrogen functional groups attached to an aromatic ring is 1. The molecule has 0 saturated carbocycles. The van der Waals surface area contributed by atoms with Crippen molar-refractivity contribution in [2.75, 3.05) is 11.1 Å². The molecule has 4 rings (SSSR count). The summed E-state index contributed by atoms with van der Waals surface area (Å²) in [6.07, 6.45) is 4.40. The number of rotatable bonds is 4. The van der Waals surface area contributed by atoms with Gasteiger partial charge in [0.1, 0.15) is 5.82 Å². The molecular formula is C22H21N5O. The van der Waals surface area contributed by atoms with Gasteiger partial charge in [-0.3, -0.25) is 9.89 Å². The lowest BCUT2D eigenvalue weighted by atomic mass is 9.91. The van der Waals surface area contributed by atoms with Crippen molar-refractivity contribution in [3.05, 3.63) is 60.4 Å². The van der Waals surface area contributed by atoms with E-state index in [1.165, 1.54) is 6.92 Å². The van der Waals surface area contributed by atoms with E-state index in [4.69, 9.17) is 5.73 Å². The highest BCUT2D eigenvalue weighted by molar-refractivity contribution is 5.92. The SMILES string of the molecule is CCc1c(-c2cccc(NC(C)=O)c2)cnc(N)c1-c1ccc2cn[nH]c2c1. The van der Waals surface area contributed by atoms with Crippen LogP contribution in [0.2, 0.25) is 0 Å². The molecule has 0 fully saturated rings. The highest BCUT2D eigenvalue weighted by Gasteiger charge is 2.16. The van der Waals surface area contributed by atoms with E-state index < -0.39 is 0 Å². The molecule has 140 valence electrons. The second-order valence-corrected chi connectivity index (χ2v) is 6.70. The van der Waals surface area contributed by atoms with Crippen molar-refractivity contribution in [1.82, 2.24) is 15.2 Å². The van der Waals surface area contributed by atoms with Crippen molar-refractivity contribution in [1.29, 1.82) is 0 Å². The molecule has 2 aromatic carbocycles. The van der Waals surface area contributed by atoms with E-state index >= 15 is 0 Å². The maximum Gasteiger partial charge on any atom is 0.221 e. The highest BCUT2D eigenvalue weighted by atomic mass is 16.1. The Morgan fingerprint density at radius 2 is 2.00 bits per heavy atom. The number of carbonyl (C=O) groups excluding carboxylic acids is 1. The predicted molar refractivity (Wildman–Crippen MR) is 113 cm³/mol. The lowest BCUT2D eigenvalue weighted by molar-refractivity contribution is -0.114. The molecule has 4 N–H and O–H groups in total. The van der Waals surface area contributed by atoms with Crippen LogP contribution >= 0.6 is 0 Å². The third kappa shape index (κ3) is 3.20. The number of fused-ring (bicyclic) bond motifs is 1. The van der Waals surface area contributed by atoms with Gasteiger partial charge in [-0.1, -0.05) is 31.2 Å². The van der Waals surface area contributed by atoms with Crippen LogP contribution in [0.25, 0.3) is 33.2 Å². The third-order valence-electron chi connectivity index (χ3n) is 4.79. The number of benzene rings is 2.